The first-order valence-electron chi connectivity index (χ1n) is 5.42. The molecular weight excluding hydrogens is 208 g/mol. The van der Waals surface area contributed by atoms with E-state index in [1.165, 1.54) is 6.33 Å². The summed E-state index contributed by atoms with van der Waals surface area (Å²) in [5.41, 5.74) is 0.679. The zero-order valence-electron chi connectivity index (χ0n) is 9.93. The lowest BCUT2D eigenvalue weighted by atomic mass is 10.1. The second-order valence-electron chi connectivity index (χ2n) is 3.86. The predicted octanol–water partition coefficient (Wildman–Crippen LogP) is 1.26. The van der Waals surface area contributed by atoms with E-state index in [2.05, 4.69) is 17.2 Å². The molecule has 0 aliphatic rings. The maximum atomic E-state index is 10.8. The quantitative estimate of drug-likeness (QED) is 0.585. The lowest BCUT2D eigenvalue weighted by molar-refractivity contribution is -0.390. The molecule has 0 spiro atoms. The molecule has 1 heterocycles. The van der Waals surface area contributed by atoms with Gasteiger partial charge in [-0.3, -0.25) is 0 Å². The Morgan fingerprint density at radius 1 is 1.69 bits per heavy atom. The first-order valence-corrected chi connectivity index (χ1v) is 5.42. The minimum Gasteiger partial charge on any atom is -0.358 e. The lowest BCUT2D eigenvalue weighted by Gasteiger charge is -2.14. The molecule has 1 aromatic rings. The van der Waals surface area contributed by atoms with Crippen molar-refractivity contribution in [3.8, 4) is 0 Å². The van der Waals surface area contributed by atoms with Crippen LogP contribution in [-0.4, -0.2) is 27.6 Å². The van der Waals surface area contributed by atoms with Crippen LogP contribution in [0.15, 0.2) is 6.33 Å². The largest absolute Gasteiger partial charge is 0.384 e. The molecule has 1 aromatic heterocycles. The van der Waals surface area contributed by atoms with Crippen molar-refractivity contribution in [1.82, 2.24) is 14.9 Å². The molecule has 0 aliphatic heterocycles. The van der Waals surface area contributed by atoms with Crippen LogP contribution >= 0.6 is 0 Å². The standard InChI is InChI=1S/C10H18N4O2/c1-4-5-8(11-2)6-9-10(14(15)16)12-7-13(9)3/h7-8,11H,4-6H2,1-3H3. The van der Waals surface area contributed by atoms with E-state index >= 15 is 0 Å². The van der Waals surface area contributed by atoms with Crippen LogP contribution in [0.1, 0.15) is 25.5 Å². The number of likely N-dealkylation sites (N-methyl/N-ethyl adjacent to an activating group) is 1. The molecule has 1 atom stereocenters. The lowest BCUT2D eigenvalue weighted by Crippen LogP contribution is -2.28. The van der Waals surface area contributed by atoms with Gasteiger partial charge in [0.1, 0.15) is 5.69 Å². The number of aryl methyl sites for hydroxylation is 1. The van der Waals surface area contributed by atoms with Gasteiger partial charge < -0.3 is 20.0 Å². The van der Waals surface area contributed by atoms with E-state index < -0.39 is 4.92 Å². The van der Waals surface area contributed by atoms with Gasteiger partial charge in [-0.2, -0.15) is 0 Å². The average molecular weight is 226 g/mol. The highest BCUT2D eigenvalue weighted by molar-refractivity contribution is 5.27. The summed E-state index contributed by atoms with van der Waals surface area (Å²) in [6.07, 6.45) is 4.18. The zero-order chi connectivity index (χ0) is 12.1. The Kier molecular flexibility index (Phi) is 4.42. The molecule has 1 unspecified atom stereocenters. The summed E-state index contributed by atoms with van der Waals surface area (Å²) in [5.74, 6) is -0.0288. The first kappa shape index (κ1) is 12.6. The molecule has 0 saturated heterocycles. The Hall–Kier alpha value is -1.43. The maximum absolute atomic E-state index is 10.8. The van der Waals surface area contributed by atoms with Crippen molar-refractivity contribution in [1.29, 1.82) is 0 Å². The van der Waals surface area contributed by atoms with Crippen LogP contribution < -0.4 is 5.32 Å². The van der Waals surface area contributed by atoms with E-state index in [-0.39, 0.29) is 11.9 Å². The van der Waals surface area contributed by atoms with Crippen molar-refractivity contribution in [2.75, 3.05) is 7.05 Å². The summed E-state index contributed by atoms with van der Waals surface area (Å²) in [7, 11) is 3.66. The molecule has 0 fully saturated rings. The summed E-state index contributed by atoms with van der Waals surface area (Å²) in [6, 6.07) is 0.263. The predicted molar refractivity (Wildman–Crippen MR) is 61.3 cm³/mol. The molecule has 90 valence electrons. The van der Waals surface area contributed by atoms with Gasteiger partial charge in [0.25, 0.3) is 0 Å². The molecule has 16 heavy (non-hydrogen) atoms. The third kappa shape index (κ3) is 2.79. The molecule has 1 rings (SSSR count). The van der Waals surface area contributed by atoms with Crippen LogP contribution in [0.5, 0.6) is 0 Å². The van der Waals surface area contributed by atoms with E-state index in [1.807, 2.05) is 7.05 Å². The fourth-order valence-electron chi connectivity index (χ4n) is 1.76. The summed E-state index contributed by atoms with van der Waals surface area (Å²) < 4.78 is 1.72. The Morgan fingerprint density at radius 2 is 2.38 bits per heavy atom. The number of nitro groups is 1. The Labute approximate surface area is 94.8 Å². The molecule has 6 nitrogen and oxygen atoms in total. The summed E-state index contributed by atoms with van der Waals surface area (Å²) in [5, 5.41) is 13.9. The number of rotatable bonds is 6. The van der Waals surface area contributed by atoms with Gasteiger partial charge in [-0.1, -0.05) is 13.3 Å². The smallest absolute Gasteiger partial charge is 0.358 e. The number of hydrogen-bond acceptors (Lipinski definition) is 4. The van der Waals surface area contributed by atoms with Gasteiger partial charge in [0, 0.05) is 19.5 Å². The second-order valence-corrected chi connectivity index (χ2v) is 3.86. The Balaban J connectivity index is 2.85. The summed E-state index contributed by atoms with van der Waals surface area (Å²) in [6.45, 7) is 2.10. The van der Waals surface area contributed by atoms with Crippen LogP contribution in [0.2, 0.25) is 0 Å². The van der Waals surface area contributed by atoms with Crippen LogP contribution in [0.3, 0.4) is 0 Å². The highest BCUT2D eigenvalue weighted by Crippen LogP contribution is 2.18. The summed E-state index contributed by atoms with van der Waals surface area (Å²) >= 11 is 0. The Bertz CT molecular complexity index is 362. The second kappa shape index (κ2) is 5.60. The Morgan fingerprint density at radius 3 is 2.88 bits per heavy atom. The minimum atomic E-state index is -0.423. The summed E-state index contributed by atoms with van der Waals surface area (Å²) in [4.78, 5) is 14.1. The van der Waals surface area contributed by atoms with Crippen LogP contribution in [0.4, 0.5) is 5.82 Å². The van der Waals surface area contributed by atoms with E-state index in [0.29, 0.717) is 12.1 Å². The maximum Gasteiger partial charge on any atom is 0.384 e. The third-order valence-electron chi connectivity index (χ3n) is 2.70. The SMILES string of the molecule is CCCC(Cc1c([N+](=O)[O-])ncn1C)NC. The zero-order valence-corrected chi connectivity index (χ0v) is 9.93. The number of imidazole rings is 1. The van der Waals surface area contributed by atoms with Gasteiger partial charge in [0.15, 0.2) is 0 Å². The van der Waals surface area contributed by atoms with Gasteiger partial charge in [-0.25, -0.2) is 0 Å². The topological polar surface area (TPSA) is 73.0 Å². The van der Waals surface area contributed by atoms with Gasteiger partial charge in [0.05, 0.1) is 0 Å². The molecule has 0 saturated carbocycles. The molecule has 1 N–H and O–H groups in total. The number of aromatic nitrogens is 2. The number of nitrogens with one attached hydrogen (secondary N) is 1. The van der Waals surface area contributed by atoms with Crippen molar-refractivity contribution in [3.05, 3.63) is 22.1 Å². The van der Waals surface area contributed by atoms with E-state index in [4.69, 9.17) is 0 Å². The first-order chi connectivity index (χ1) is 7.60. The van der Waals surface area contributed by atoms with Crippen molar-refractivity contribution in [2.24, 2.45) is 7.05 Å². The van der Waals surface area contributed by atoms with E-state index in [1.54, 1.807) is 11.6 Å². The van der Waals surface area contributed by atoms with E-state index in [0.717, 1.165) is 12.8 Å². The number of nitrogens with zero attached hydrogens (tertiary/aromatic N) is 3. The van der Waals surface area contributed by atoms with Gasteiger partial charge in [0.2, 0.25) is 6.33 Å². The average Bonchev–Trinajstić information content (AvgIpc) is 2.60. The molecule has 0 aliphatic carbocycles. The highest BCUT2D eigenvalue weighted by atomic mass is 16.6. The minimum absolute atomic E-state index is 0.0288. The van der Waals surface area contributed by atoms with Crippen molar-refractivity contribution in [3.63, 3.8) is 0 Å². The van der Waals surface area contributed by atoms with Gasteiger partial charge >= 0.3 is 5.82 Å². The van der Waals surface area contributed by atoms with Gasteiger partial charge in [-0.05, 0) is 23.4 Å². The molecule has 0 bridgehead atoms. The molecule has 0 radical (unpaired) electrons. The molecule has 0 amide bonds. The fraction of sp³-hybridized carbons (Fsp3) is 0.700. The third-order valence-corrected chi connectivity index (χ3v) is 2.70. The van der Waals surface area contributed by atoms with Crippen molar-refractivity contribution in [2.45, 2.75) is 32.2 Å². The van der Waals surface area contributed by atoms with Crippen LogP contribution in [-0.2, 0) is 13.5 Å². The highest BCUT2D eigenvalue weighted by Gasteiger charge is 2.22. The van der Waals surface area contributed by atoms with Crippen LogP contribution in [0, 0.1) is 10.1 Å². The van der Waals surface area contributed by atoms with Crippen molar-refractivity contribution >= 4 is 5.82 Å². The van der Waals surface area contributed by atoms with Gasteiger partial charge in [-0.15, -0.1) is 0 Å². The van der Waals surface area contributed by atoms with Crippen molar-refractivity contribution < 1.29 is 4.92 Å². The normalized spacial score (nSPS) is 12.7. The monoisotopic (exact) mass is 226 g/mol. The number of hydrogen-bond donors (Lipinski definition) is 1. The fourth-order valence-corrected chi connectivity index (χ4v) is 1.76. The van der Waals surface area contributed by atoms with Crippen LogP contribution in [0.25, 0.3) is 0 Å². The molecular formula is C10H18N4O2. The molecule has 6 heteroatoms. The van der Waals surface area contributed by atoms with E-state index in [9.17, 15) is 10.1 Å². The molecule has 0 aromatic carbocycles.